The molecule has 0 atom stereocenters. The Labute approximate surface area is 101 Å². The number of halogens is 3. The van der Waals surface area contributed by atoms with Gasteiger partial charge in [-0.25, -0.2) is 5.06 Å². The van der Waals surface area contributed by atoms with E-state index in [0.29, 0.717) is 15.7 Å². The van der Waals surface area contributed by atoms with E-state index in [0.717, 1.165) is 13.2 Å². The summed E-state index contributed by atoms with van der Waals surface area (Å²) in [4.78, 5) is 11.7. The Morgan fingerprint density at radius 1 is 1.56 bits per heavy atom. The molecule has 0 unspecified atom stereocenters. The van der Waals surface area contributed by atoms with Crippen LogP contribution in [0.3, 0.4) is 0 Å². The Bertz CT molecular complexity index is 522. The molecule has 18 heavy (non-hydrogen) atoms. The number of pyridine rings is 1. The Balaban J connectivity index is 3.67. The molecule has 0 aromatic carbocycles. The van der Waals surface area contributed by atoms with Gasteiger partial charge in [0, 0.05) is 20.3 Å². The summed E-state index contributed by atoms with van der Waals surface area (Å²) in [6.07, 6.45) is -3.81. The number of anilines is 2. The lowest BCUT2D eigenvalue weighted by Gasteiger charge is -2.20. The van der Waals surface area contributed by atoms with Gasteiger partial charge in [-0.2, -0.15) is 13.2 Å². The number of rotatable bonds is 3. The van der Waals surface area contributed by atoms with E-state index in [1.165, 1.54) is 7.05 Å². The molecule has 0 saturated heterocycles. The maximum Gasteiger partial charge on any atom is 0.431 e. The number of alkyl halides is 3. The van der Waals surface area contributed by atoms with E-state index in [4.69, 9.17) is 0 Å². The number of hydrogen-bond acceptors (Lipinski definition) is 4. The van der Waals surface area contributed by atoms with Crippen molar-refractivity contribution >= 4 is 11.4 Å². The second-order valence-electron chi connectivity index (χ2n) is 3.43. The van der Waals surface area contributed by atoms with E-state index in [1.54, 1.807) is 0 Å². The van der Waals surface area contributed by atoms with Crippen LogP contribution in [0, 0.1) is 0 Å². The lowest BCUT2D eigenvalue weighted by atomic mass is 10.2. The van der Waals surface area contributed by atoms with Gasteiger partial charge in [0.2, 0.25) is 0 Å². The normalized spacial score (nSPS) is 11.2. The predicted octanol–water partition coefficient (Wildman–Crippen LogP) is 1.78. The first-order valence-corrected chi connectivity index (χ1v) is 4.83. The minimum atomic E-state index is -4.70. The Morgan fingerprint density at radius 3 is 2.50 bits per heavy atom. The maximum absolute atomic E-state index is 12.7. The van der Waals surface area contributed by atoms with Gasteiger partial charge in [0.25, 0.3) is 5.56 Å². The van der Waals surface area contributed by atoms with Crippen molar-refractivity contribution in [3.8, 4) is 0 Å². The van der Waals surface area contributed by atoms with Gasteiger partial charge >= 0.3 is 6.18 Å². The van der Waals surface area contributed by atoms with Crippen molar-refractivity contribution in [2.24, 2.45) is 7.05 Å². The summed E-state index contributed by atoms with van der Waals surface area (Å²) >= 11 is 0. The monoisotopic (exact) mass is 263 g/mol. The lowest BCUT2D eigenvalue weighted by molar-refractivity contribution is -0.143. The highest BCUT2D eigenvalue weighted by Gasteiger charge is 2.35. The fraction of sp³-hybridized carbons (Fsp3) is 0.300. The zero-order valence-corrected chi connectivity index (χ0v) is 9.75. The fourth-order valence-electron chi connectivity index (χ4n) is 1.47. The average molecular weight is 263 g/mol. The molecule has 0 fully saturated rings. The lowest BCUT2D eigenvalue weighted by Crippen LogP contribution is -2.29. The molecule has 1 aromatic rings. The standard InChI is InChI=1S/C10H12F3N3O2/c1-4-16(18)6-5-7(10(11,12)13)15(3)9(17)8(6)14-2/h4-5,14,18H,1H2,2-3H3. The fourth-order valence-corrected chi connectivity index (χ4v) is 1.47. The zero-order chi connectivity index (χ0) is 14.1. The minimum Gasteiger partial charge on any atom is -0.382 e. The van der Waals surface area contributed by atoms with E-state index in [-0.39, 0.29) is 11.4 Å². The van der Waals surface area contributed by atoms with Crippen molar-refractivity contribution < 1.29 is 18.4 Å². The van der Waals surface area contributed by atoms with Crippen LogP contribution in [-0.4, -0.2) is 16.8 Å². The van der Waals surface area contributed by atoms with Gasteiger partial charge < -0.3 is 9.88 Å². The van der Waals surface area contributed by atoms with Crippen molar-refractivity contribution in [3.05, 3.63) is 34.9 Å². The van der Waals surface area contributed by atoms with Crippen LogP contribution in [0.2, 0.25) is 0 Å². The largest absolute Gasteiger partial charge is 0.431 e. The molecule has 0 spiro atoms. The third-order valence-electron chi connectivity index (χ3n) is 2.37. The highest BCUT2D eigenvalue weighted by Crippen LogP contribution is 2.32. The Morgan fingerprint density at radius 2 is 2.11 bits per heavy atom. The molecule has 0 bridgehead atoms. The molecule has 1 rings (SSSR count). The van der Waals surface area contributed by atoms with Crippen LogP contribution in [0.15, 0.2) is 23.6 Å². The van der Waals surface area contributed by atoms with Crippen LogP contribution in [0.5, 0.6) is 0 Å². The molecule has 0 radical (unpaired) electrons. The van der Waals surface area contributed by atoms with Crippen molar-refractivity contribution in [2.75, 3.05) is 17.4 Å². The molecule has 8 heteroatoms. The van der Waals surface area contributed by atoms with Crippen LogP contribution in [-0.2, 0) is 13.2 Å². The number of hydroxylamine groups is 1. The van der Waals surface area contributed by atoms with Gasteiger partial charge in [-0.05, 0) is 6.07 Å². The molecule has 0 amide bonds. The van der Waals surface area contributed by atoms with Crippen LogP contribution < -0.4 is 15.9 Å². The van der Waals surface area contributed by atoms with E-state index in [2.05, 4.69) is 11.9 Å². The van der Waals surface area contributed by atoms with Gasteiger partial charge in [0.1, 0.15) is 11.4 Å². The van der Waals surface area contributed by atoms with E-state index in [1.807, 2.05) is 0 Å². The Hall–Kier alpha value is -1.96. The predicted molar refractivity (Wildman–Crippen MR) is 60.7 cm³/mol. The molecule has 5 nitrogen and oxygen atoms in total. The van der Waals surface area contributed by atoms with Crippen LogP contribution in [0.25, 0.3) is 0 Å². The summed E-state index contributed by atoms with van der Waals surface area (Å²) in [7, 11) is 2.37. The number of hydrogen-bond donors (Lipinski definition) is 2. The summed E-state index contributed by atoms with van der Waals surface area (Å²) in [6, 6.07) is 0.662. The van der Waals surface area contributed by atoms with Crippen molar-refractivity contribution in [3.63, 3.8) is 0 Å². The SMILES string of the molecule is C=CN(O)c1cc(C(F)(F)F)n(C)c(=O)c1NC. The van der Waals surface area contributed by atoms with Crippen molar-refractivity contribution in [1.29, 1.82) is 0 Å². The average Bonchev–Trinajstić information content (AvgIpc) is 2.29. The van der Waals surface area contributed by atoms with Gasteiger partial charge in [0.05, 0.1) is 5.69 Å². The highest BCUT2D eigenvalue weighted by atomic mass is 19.4. The van der Waals surface area contributed by atoms with E-state index in [9.17, 15) is 23.2 Å². The van der Waals surface area contributed by atoms with Crippen LogP contribution in [0.4, 0.5) is 24.5 Å². The number of aromatic nitrogens is 1. The molecule has 0 aliphatic heterocycles. The molecule has 0 saturated carbocycles. The maximum atomic E-state index is 12.7. The second-order valence-corrected chi connectivity index (χ2v) is 3.43. The van der Waals surface area contributed by atoms with Gasteiger partial charge in [-0.1, -0.05) is 6.58 Å². The second kappa shape index (κ2) is 4.73. The molecule has 0 aliphatic rings. The smallest absolute Gasteiger partial charge is 0.382 e. The van der Waals surface area contributed by atoms with Crippen LogP contribution in [0.1, 0.15) is 5.69 Å². The Kier molecular flexibility index (Phi) is 3.70. The third kappa shape index (κ3) is 2.33. The number of nitrogens with zero attached hydrogens (tertiary/aromatic N) is 2. The molecule has 100 valence electrons. The van der Waals surface area contributed by atoms with Crippen molar-refractivity contribution in [1.82, 2.24) is 4.57 Å². The van der Waals surface area contributed by atoms with E-state index < -0.39 is 17.4 Å². The quantitative estimate of drug-likeness (QED) is 0.816. The molecule has 0 aliphatic carbocycles. The van der Waals surface area contributed by atoms with Crippen molar-refractivity contribution in [2.45, 2.75) is 6.18 Å². The summed E-state index contributed by atoms with van der Waals surface area (Å²) in [6.45, 7) is 3.21. The van der Waals surface area contributed by atoms with Gasteiger partial charge in [-0.3, -0.25) is 10.0 Å². The topological polar surface area (TPSA) is 57.5 Å². The zero-order valence-electron chi connectivity index (χ0n) is 9.75. The van der Waals surface area contributed by atoms with Gasteiger partial charge in [-0.15, -0.1) is 0 Å². The summed E-state index contributed by atoms with van der Waals surface area (Å²) in [5.41, 5.74) is -2.54. The first kappa shape index (κ1) is 14.1. The van der Waals surface area contributed by atoms with E-state index >= 15 is 0 Å². The molecule has 1 aromatic heterocycles. The van der Waals surface area contributed by atoms with Crippen LogP contribution >= 0.6 is 0 Å². The molecule has 2 N–H and O–H groups in total. The number of nitrogens with one attached hydrogen (secondary N) is 1. The highest BCUT2D eigenvalue weighted by molar-refractivity contribution is 5.69. The third-order valence-corrected chi connectivity index (χ3v) is 2.37. The molecular formula is C10H12F3N3O2. The summed E-state index contributed by atoms with van der Waals surface area (Å²) < 4.78 is 38.6. The molecular weight excluding hydrogens is 251 g/mol. The minimum absolute atomic E-state index is 0.159. The molecule has 1 heterocycles. The summed E-state index contributed by atoms with van der Waals surface area (Å²) in [5.74, 6) is 0. The first-order valence-electron chi connectivity index (χ1n) is 4.83. The van der Waals surface area contributed by atoms with Gasteiger partial charge in [0.15, 0.2) is 0 Å². The summed E-state index contributed by atoms with van der Waals surface area (Å²) in [5, 5.41) is 12.2. The first-order chi connectivity index (χ1) is 8.23.